The zero-order valence-electron chi connectivity index (χ0n) is 9.72. The summed E-state index contributed by atoms with van der Waals surface area (Å²) in [6, 6.07) is 3.01. The SMILES string of the molecule is CC1(Nc2cc(Br)c(F)cc2N)CCOCC1. The molecule has 0 saturated carbocycles. The van der Waals surface area contributed by atoms with Crippen LogP contribution in [0.15, 0.2) is 16.6 Å². The Hall–Kier alpha value is -0.810. The van der Waals surface area contributed by atoms with Gasteiger partial charge in [0.05, 0.1) is 15.8 Å². The van der Waals surface area contributed by atoms with Crippen molar-refractivity contribution in [2.75, 3.05) is 24.3 Å². The first-order valence-electron chi connectivity index (χ1n) is 5.61. The van der Waals surface area contributed by atoms with Crippen molar-refractivity contribution in [2.45, 2.75) is 25.3 Å². The summed E-state index contributed by atoms with van der Waals surface area (Å²) in [4.78, 5) is 0. The maximum Gasteiger partial charge on any atom is 0.139 e. The second-order valence-corrected chi connectivity index (χ2v) is 5.51. The molecule has 5 heteroatoms. The third kappa shape index (κ3) is 2.90. The Morgan fingerprint density at radius 1 is 1.41 bits per heavy atom. The summed E-state index contributed by atoms with van der Waals surface area (Å²) >= 11 is 3.17. The number of nitrogens with two attached hydrogens (primary N) is 1. The van der Waals surface area contributed by atoms with Gasteiger partial charge in [0.2, 0.25) is 0 Å². The van der Waals surface area contributed by atoms with Gasteiger partial charge < -0.3 is 15.8 Å². The minimum Gasteiger partial charge on any atom is -0.397 e. The first-order valence-corrected chi connectivity index (χ1v) is 6.40. The summed E-state index contributed by atoms with van der Waals surface area (Å²) in [7, 11) is 0. The molecule has 1 heterocycles. The highest BCUT2D eigenvalue weighted by Crippen LogP contribution is 2.32. The van der Waals surface area contributed by atoms with Crippen LogP contribution in [-0.4, -0.2) is 18.8 Å². The molecule has 1 saturated heterocycles. The maximum atomic E-state index is 13.3. The van der Waals surface area contributed by atoms with E-state index in [0.29, 0.717) is 10.2 Å². The van der Waals surface area contributed by atoms with E-state index >= 15 is 0 Å². The van der Waals surface area contributed by atoms with Crippen LogP contribution in [0.1, 0.15) is 19.8 Å². The number of ether oxygens (including phenoxy) is 1. The van der Waals surface area contributed by atoms with E-state index < -0.39 is 0 Å². The summed E-state index contributed by atoms with van der Waals surface area (Å²) in [5.41, 5.74) is 6.97. The molecule has 1 aromatic carbocycles. The average molecular weight is 303 g/mol. The Labute approximate surface area is 109 Å². The lowest BCUT2D eigenvalue weighted by Gasteiger charge is -2.35. The van der Waals surface area contributed by atoms with Crippen molar-refractivity contribution in [3.05, 3.63) is 22.4 Å². The zero-order chi connectivity index (χ0) is 12.5. The molecule has 0 unspecified atom stereocenters. The molecule has 1 fully saturated rings. The fourth-order valence-electron chi connectivity index (χ4n) is 1.94. The Morgan fingerprint density at radius 2 is 2.06 bits per heavy atom. The van der Waals surface area contributed by atoms with Gasteiger partial charge >= 0.3 is 0 Å². The van der Waals surface area contributed by atoms with Gasteiger partial charge in [-0.15, -0.1) is 0 Å². The molecule has 0 radical (unpaired) electrons. The van der Waals surface area contributed by atoms with E-state index in [4.69, 9.17) is 10.5 Å². The van der Waals surface area contributed by atoms with Crippen LogP contribution < -0.4 is 11.1 Å². The highest BCUT2D eigenvalue weighted by Gasteiger charge is 2.27. The molecule has 94 valence electrons. The highest BCUT2D eigenvalue weighted by atomic mass is 79.9. The van der Waals surface area contributed by atoms with Crippen molar-refractivity contribution >= 4 is 27.3 Å². The fourth-order valence-corrected chi connectivity index (χ4v) is 2.29. The Balaban J connectivity index is 2.20. The minimum atomic E-state index is -0.342. The van der Waals surface area contributed by atoms with Gasteiger partial charge in [-0.1, -0.05) is 0 Å². The summed E-state index contributed by atoms with van der Waals surface area (Å²) < 4.78 is 19.0. The number of nitrogen functional groups attached to an aromatic ring is 1. The van der Waals surface area contributed by atoms with E-state index in [9.17, 15) is 4.39 Å². The Morgan fingerprint density at radius 3 is 2.71 bits per heavy atom. The minimum absolute atomic E-state index is 0.0381. The zero-order valence-corrected chi connectivity index (χ0v) is 11.3. The predicted molar refractivity (Wildman–Crippen MR) is 70.6 cm³/mol. The second kappa shape index (κ2) is 4.82. The third-order valence-electron chi connectivity index (χ3n) is 3.13. The molecule has 0 amide bonds. The Bertz CT molecular complexity index is 419. The van der Waals surface area contributed by atoms with Gasteiger partial charge in [-0.2, -0.15) is 0 Å². The monoisotopic (exact) mass is 302 g/mol. The van der Waals surface area contributed by atoms with Crippen LogP contribution in [0.2, 0.25) is 0 Å². The molecule has 0 bridgehead atoms. The van der Waals surface area contributed by atoms with Crippen LogP contribution in [-0.2, 0) is 4.74 Å². The number of hydrogen-bond acceptors (Lipinski definition) is 3. The molecule has 0 atom stereocenters. The number of hydrogen-bond donors (Lipinski definition) is 2. The molecule has 2 rings (SSSR count). The van der Waals surface area contributed by atoms with E-state index in [2.05, 4.69) is 28.2 Å². The first-order chi connectivity index (χ1) is 8.00. The fraction of sp³-hybridized carbons (Fsp3) is 0.500. The van der Waals surface area contributed by atoms with Crippen LogP contribution >= 0.6 is 15.9 Å². The lowest BCUT2D eigenvalue weighted by Crippen LogP contribution is -2.40. The molecule has 0 aliphatic carbocycles. The van der Waals surface area contributed by atoms with Crippen molar-refractivity contribution in [1.82, 2.24) is 0 Å². The van der Waals surface area contributed by atoms with Gasteiger partial charge in [-0.05, 0) is 41.8 Å². The third-order valence-corrected chi connectivity index (χ3v) is 3.73. The van der Waals surface area contributed by atoms with Crippen LogP contribution in [0, 0.1) is 5.82 Å². The molecule has 0 aromatic heterocycles. The van der Waals surface area contributed by atoms with Crippen molar-refractivity contribution in [1.29, 1.82) is 0 Å². The number of halogens is 2. The van der Waals surface area contributed by atoms with Crippen LogP contribution in [0.3, 0.4) is 0 Å². The van der Waals surface area contributed by atoms with Gasteiger partial charge in [0, 0.05) is 24.8 Å². The normalized spacial score (nSPS) is 19.0. The topological polar surface area (TPSA) is 47.3 Å². The quantitative estimate of drug-likeness (QED) is 0.825. The summed E-state index contributed by atoms with van der Waals surface area (Å²) in [6.07, 6.45) is 1.84. The Kier molecular flexibility index (Phi) is 3.58. The van der Waals surface area contributed by atoms with Gasteiger partial charge in [0.25, 0.3) is 0 Å². The smallest absolute Gasteiger partial charge is 0.139 e. The second-order valence-electron chi connectivity index (χ2n) is 4.65. The number of rotatable bonds is 2. The summed E-state index contributed by atoms with van der Waals surface area (Å²) in [5.74, 6) is -0.342. The molecular formula is C12H16BrFN2O. The molecule has 0 spiro atoms. The highest BCUT2D eigenvalue weighted by molar-refractivity contribution is 9.10. The van der Waals surface area contributed by atoms with E-state index in [1.807, 2.05) is 0 Å². The van der Waals surface area contributed by atoms with E-state index in [1.165, 1.54) is 6.07 Å². The summed E-state index contributed by atoms with van der Waals surface area (Å²) in [5, 5.41) is 3.39. The van der Waals surface area contributed by atoms with Gasteiger partial charge in [-0.25, -0.2) is 4.39 Å². The molecule has 1 aliphatic heterocycles. The number of nitrogens with one attached hydrogen (secondary N) is 1. The molecular weight excluding hydrogens is 287 g/mol. The molecule has 3 N–H and O–H groups in total. The largest absolute Gasteiger partial charge is 0.397 e. The van der Waals surface area contributed by atoms with Crippen LogP contribution in [0.4, 0.5) is 15.8 Å². The van der Waals surface area contributed by atoms with E-state index in [1.54, 1.807) is 6.07 Å². The lowest BCUT2D eigenvalue weighted by molar-refractivity contribution is 0.0658. The van der Waals surface area contributed by atoms with Crippen LogP contribution in [0.25, 0.3) is 0 Å². The van der Waals surface area contributed by atoms with E-state index in [-0.39, 0.29) is 11.4 Å². The van der Waals surface area contributed by atoms with Gasteiger partial charge in [-0.3, -0.25) is 0 Å². The molecule has 17 heavy (non-hydrogen) atoms. The van der Waals surface area contributed by atoms with Crippen LogP contribution in [0.5, 0.6) is 0 Å². The van der Waals surface area contributed by atoms with Crippen molar-refractivity contribution < 1.29 is 9.13 Å². The molecule has 3 nitrogen and oxygen atoms in total. The lowest BCUT2D eigenvalue weighted by atomic mass is 9.92. The average Bonchev–Trinajstić information content (AvgIpc) is 2.26. The summed E-state index contributed by atoms with van der Waals surface area (Å²) in [6.45, 7) is 3.61. The standard InChI is InChI=1S/C12H16BrFN2O/c1-12(2-4-17-5-3-12)16-11-6-8(13)9(14)7-10(11)15/h6-7,16H,2-5,15H2,1H3. The van der Waals surface area contributed by atoms with Crippen molar-refractivity contribution in [2.24, 2.45) is 0 Å². The van der Waals surface area contributed by atoms with Crippen molar-refractivity contribution in [3.63, 3.8) is 0 Å². The maximum absolute atomic E-state index is 13.3. The predicted octanol–water partition coefficient (Wildman–Crippen LogP) is 3.15. The number of benzene rings is 1. The van der Waals surface area contributed by atoms with Crippen molar-refractivity contribution in [3.8, 4) is 0 Å². The van der Waals surface area contributed by atoms with Gasteiger partial charge in [0.1, 0.15) is 5.82 Å². The van der Waals surface area contributed by atoms with Gasteiger partial charge in [0.15, 0.2) is 0 Å². The number of anilines is 2. The first kappa shape index (κ1) is 12.6. The molecule has 1 aromatic rings. The van der Waals surface area contributed by atoms with E-state index in [0.717, 1.165) is 31.7 Å². The molecule has 1 aliphatic rings.